The second-order valence-electron chi connectivity index (χ2n) is 16.0. The Morgan fingerprint density at radius 2 is 0.909 bits per heavy atom. The number of benzene rings is 3. The number of hydrogen-bond donors (Lipinski definition) is 1. The monoisotopic (exact) mass is 746 g/mol. The molecule has 8 nitrogen and oxygen atoms in total. The van der Waals surface area contributed by atoms with E-state index in [9.17, 15) is 9.90 Å². The quantitative estimate of drug-likeness (QED) is 0.0517. The van der Waals surface area contributed by atoms with Crippen LogP contribution in [0.25, 0.3) is 54.7 Å². The van der Waals surface area contributed by atoms with E-state index in [1.54, 1.807) is 16.7 Å². The highest BCUT2D eigenvalue weighted by Crippen LogP contribution is 2.42. The van der Waals surface area contributed by atoms with E-state index in [0.29, 0.717) is 49.2 Å². The predicted octanol–water partition coefficient (Wildman–Crippen LogP) is 12.0. The molecule has 0 unspecified atom stereocenters. The summed E-state index contributed by atoms with van der Waals surface area (Å²) in [6.45, 7) is 8.75. The zero-order valence-corrected chi connectivity index (χ0v) is 33.8. The summed E-state index contributed by atoms with van der Waals surface area (Å²) >= 11 is 0. The molecule has 0 atom stereocenters. The van der Waals surface area contributed by atoms with Gasteiger partial charge in [0.2, 0.25) is 5.88 Å². The van der Waals surface area contributed by atoms with Crippen molar-refractivity contribution in [3.8, 4) is 17.3 Å². The summed E-state index contributed by atoms with van der Waals surface area (Å²) in [6.07, 6.45) is 20.1. The fraction of sp³-hybridized carbons (Fsp3) is 0.553. The van der Waals surface area contributed by atoms with Crippen LogP contribution in [-0.4, -0.2) is 24.2 Å². The number of unbranched alkanes of at least 4 members (excludes halogenated alkanes) is 12. The molecular formula is C47H62N4O4. The number of rotatable bonds is 23. The Morgan fingerprint density at radius 1 is 0.491 bits per heavy atom. The Morgan fingerprint density at radius 3 is 1.38 bits per heavy atom. The summed E-state index contributed by atoms with van der Waals surface area (Å²) in [6, 6.07) is 12.8. The van der Waals surface area contributed by atoms with E-state index in [4.69, 9.17) is 9.97 Å². The second kappa shape index (κ2) is 19.0. The first kappa shape index (κ1) is 40.3. The molecule has 0 radical (unpaired) electrons. The third kappa shape index (κ3) is 8.29. The van der Waals surface area contributed by atoms with Crippen LogP contribution in [0.1, 0.15) is 168 Å². The van der Waals surface area contributed by atoms with Crippen molar-refractivity contribution in [1.29, 1.82) is 0 Å². The summed E-state index contributed by atoms with van der Waals surface area (Å²) in [7, 11) is 0. The third-order valence-electron chi connectivity index (χ3n) is 11.9. The number of aromatic hydroxyl groups is 1. The van der Waals surface area contributed by atoms with Crippen LogP contribution in [0.2, 0.25) is 0 Å². The number of hydrogen-bond acceptors (Lipinski definition) is 6. The largest absolute Gasteiger partial charge is 0.494 e. The van der Waals surface area contributed by atoms with Gasteiger partial charge in [0, 0.05) is 39.2 Å². The van der Waals surface area contributed by atoms with E-state index >= 15 is 9.59 Å². The fourth-order valence-corrected chi connectivity index (χ4v) is 8.94. The van der Waals surface area contributed by atoms with Crippen LogP contribution in [0.5, 0.6) is 5.88 Å². The molecule has 294 valence electrons. The molecule has 3 aromatic heterocycles. The molecule has 1 N–H and O–H groups in total. The minimum atomic E-state index is -0.374. The van der Waals surface area contributed by atoms with Gasteiger partial charge in [-0.3, -0.25) is 23.5 Å². The Bertz CT molecular complexity index is 2310. The minimum Gasteiger partial charge on any atom is -0.494 e. The van der Waals surface area contributed by atoms with Crippen molar-refractivity contribution in [2.45, 2.75) is 168 Å². The van der Waals surface area contributed by atoms with Gasteiger partial charge in [0.25, 0.3) is 16.7 Å². The van der Waals surface area contributed by atoms with Crippen molar-refractivity contribution in [1.82, 2.24) is 19.1 Å². The van der Waals surface area contributed by atoms with E-state index < -0.39 is 0 Å². The lowest BCUT2D eigenvalue weighted by atomic mass is 9.93. The number of pyridine rings is 2. The molecule has 0 amide bonds. The molecule has 0 saturated heterocycles. The van der Waals surface area contributed by atoms with Gasteiger partial charge in [-0.2, -0.15) is 0 Å². The van der Waals surface area contributed by atoms with Crippen molar-refractivity contribution in [2.24, 2.45) is 0 Å². The summed E-state index contributed by atoms with van der Waals surface area (Å²) in [5.74, 6) is 0.336. The maximum absolute atomic E-state index is 15.1. The molecule has 55 heavy (non-hydrogen) atoms. The van der Waals surface area contributed by atoms with E-state index in [0.717, 1.165) is 134 Å². The first-order valence-corrected chi connectivity index (χ1v) is 21.7. The zero-order chi connectivity index (χ0) is 38.9. The van der Waals surface area contributed by atoms with Crippen molar-refractivity contribution in [2.75, 3.05) is 0 Å². The van der Waals surface area contributed by atoms with Gasteiger partial charge in [-0.1, -0.05) is 161 Å². The average Bonchev–Trinajstić information content (AvgIpc) is 3.64. The van der Waals surface area contributed by atoms with Gasteiger partial charge in [0.1, 0.15) is 11.0 Å². The van der Waals surface area contributed by atoms with E-state index in [1.807, 2.05) is 30.3 Å². The normalized spacial score (nSPS) is 12.3. The van der Waals surface area contributed by atoms with Gasteiger partial charge in [-0.05, 0) is 37.8 Å². The molecule has 0 aliphatic rings. The summed E-state index contributed by atoms with van der Waals surface area (Å²) in [5, 5.41) is 14.5. The van der Waals surface area contributed by atoms with E-state index in [2.05, 4.69) is 27.7 Å². The lowest BCUT2D eigenvalue weighted by molar-refractivity contribution is 0.334. The van der Waals surface area contributed by atoms with Gasteiger partial charge in [0.05, 0.1) is 10.8 Å². The highest BCUT2D eigenvalue weighted by molar-refractivity contribution is 6.32. The second-order valence-corrected chi connectivity index (χ2v) is 16.0. The van der Waals surface area contributed by atoms with Gasteiger partial charge < -0.3 is 5.11 Å². The lowest BCUT2D eigenvalue weighted by Gasteiger charge is -2.24. The van der Waals surface area contributed by atoms with Crippen LogP contribution in [0.3, 0.4) is 0 Å². The minimum absolute atomic E-state index is 0.0971. The summed E-state index contributed by atoms with van der Waals surface area (Å²) in [5.41, 5.74) is 0.468. The number of imidazole rings is 1. The Kier molecular flexibility index (Phi) is 13.9. The summed E-state index contributed by atoms with van der Waals surface area (Å²) < 4.78 is 3.12. The SMILES string of the molecule is CCCCCCC(CCCCCC)n1c(O)c2ccc3c(=O)n(C(CCCCCC)CCCCCC)c(=O)c4c5nc(-c6ccccc6)nc5c(c1=O)c2c34. The highest BCUT2D eigenvalue weighted by Gasteiger charge is 2.30. The molecule has 0 aliphatic carbocycles. The molecule has 0 saturated carbocycles. The standard InChI is InChI=1S/C47H62N4O4/c1-5-9-13-20-26-33(27-21-14-10-6-2)50-44(52)35-30-31-36-38-37(35)39(46(50)54)41-42(49-43(48-41)32-24-18-17-19-25-32)40(38)47(55)51(45(36)53)34(28-22-15-11-7-3)29-23-16-12-8-4/h17-19,24-25,30-31,33-34,52H,5-16,20-23,26-29H2,1-4H3. The zero-order valence-electron chi connectivity index (χ0n) is 33.8. The van der Waals surface area contributed by atoms with Crippen molar-refractivity contribution in [3.05, 3.63) is 73.5 Å². The molecular weight excluding hydrogens is 685 g/mol. The number of nitrogens with zero attached hydrogens (tertiary/aromatic N) is 4. The first-order chi connectivity index (χ1) is 26.9. The van der Waals surface area contributed by atoms with E-state index in [1.165, 1.54) is 4.57 Å². The molecule has 8 heteroatoms. The van der Waals surface area contributed by atoms with Crippen LogP contribution in [0.15, 0.2) is 56.8 Å². The molecule has 0 fully saturated rings. The highest BCUT2D eigenvalue weighted by atomic mass is 16.3. The smallest absolute Gasteiger partial charge is 0.263 e. The molecule has 0 spiro atoms. The number of aromatic nitrogens is 4. The average molecular weight is 747 g/mol. The van der Waals surface area contributed by atoms with Crippen LogP contribution < -0.4 is 16.7 Å². The van der Waals surface area contributed by atoms with Gasteiger partial charge in [0.15, 0.2) is 5.82 Å². The Labute approximate surface area is 325 Å². The van der Waals surface area contributed by atoms with Crippen LogP contribution in [-0.2, 0) is 0 Å². The van der Waals surface area contributed by atoms with Gasteiger partial charge in [-0.25, -0.2) is 9.97 Å². The van der Waals surface area contributed by atoms with Gasteiger partial charge in [-0.15, -0.1) is 0 Å². The molecule has 3 aromatic carbocycles. The molecule has 3 heterocycles. The van der Waals surface area contributed by atoms with Crippen molar-refractivity contribution >= 4 is 43.4 Å². The maximum Gasteiger partial charge on any atom is 0.263 e. The van der Waals surface area contributed by atoms with Crippen LogP contribution in [0, 0.1) is 0 Å². The predicted molar refractivity (Wildman–Crippen MR) is 229 cm³/mol. The Balaban J connectivity index is 1.65. The molecule has 6 aromatic rings. The topological polar surface area (TPSA) is 107 Å². The summed E-state index contributed by atoms with van der Waals surface area (Å²) in [4.78, 5) is 55.0. The molecule has 0 aliphatic heterocycles. The van der Waals surface area contributed by atoms with E-state index in [-0.39, 0.29) is 34.6 Å². The third-order valence-corrected chi connectivity index (χ3v) is 11.9. The van der Waals surface area contributed by atoms with Crippen molar-refractivity contribution in [3.63, 3.8) is 0 Å². The first-order valence-electron chi connectivity index (χ1n) is 21.7. The maximum atomic E-state index is 15.1. The lowest BCUT2D eigenvalue weighted by Crippen LogP contribution is -2.37. The van der Waals surface area contributed by atoms with Gasteiger partial charge >= 0.3 is 0 Å². The van der Waals surface area contributed by atoms with Crippen LogP contribution in [0.4, 0.5) is 0 Å². The number of fused-ring (bicyclic) bond motifs is 3. The van der Waals surface area contributed by atoms with Crippen LogP contribution >= 0.6 is 0 Å². The molecule has 0 bridgehead atoms. The molecule has 6 rings (SSSR count). The van der Waals surface area contributed by atoms with Crippen molar-refractivity contribution < 1.29 is 5.11 Å². The Hall–Kier alpha value is -4.33. The fourth-order valence-electron chi connectivity index (χ4n) is 8.94.